The summed E-state index contributed by atoms with van der Waals surface area (Å²) in [5.74, 6) is 0.971. The van der Waals surface area contributed by atoms with E-state index < -0.39 is 22.0 Å². The first-order valence-electron chi connectivity index (χ1n) is 16.0. The molecule has 2 amide bonds. The van der Waals surface area contributed by atoms with Crippen molar-refractivity contribution in [1.29, 1.82) is 0 Å². The second-order valence-electron chi connectivity index (χ2n) is 11.3. The van der Waals surface area contributed by atoms with Crippen molar-refractivity contribution in [3.05, 3.63) is 120 Å². The summed E-state index contributed by atoms with van der Waals surface area (Å²) < 4.78 is 49.2. The molecule has 258 valence electrons. The second-order valence-corrected chi connectivity index (χ2v) is 13.3. The number of amides is 2. The largest absolute Gasteiger partial charge is 0.497 e. The van der Waals surface area contributed by atoms with Crippen LogP contribution in [0.1, 0.15) is 22.7 Å². The third-order valence-corrected chi connectivity index (χ3v) is 10.1. The van der Waals surface area contributed by atoms with Crippen molar-refractivity contribution in [3.63, 3.8) is 0 Å². The molecule has 1 heterocycles. The van der Waals surface area contributed by atoms with Crippen LogP contribution in [0.2, 0.25) is 0 Å². The van der Waals surface area contributed by atoms with Gasteiger partial charge in [-0.15, -0.1) is 0 Å². The topological polar surface area (TPSA) is 124 Å². The molecular weight excluding hydrogens is 646 g/mol. The van der Waals surface area contributed by atoms with Gasteiger partial charge < -0.3 is 29.2 Å². The lowest BCUT2D eigenvalue weighted by Crippen LogP contribution is -2.45. The van der Waals surface area contributed by atoms with Crippen LogP contribution in [0.15, 0.2) is 108 Å². The minimum absolute atomic E-state index is 0.119. The molecule has 0 aliphatic carbocycles. The summed E-state index contributed by atoms with van der Waals surface area (Å²) in [6, 6.07) is 29.1. The average Bonchev–Trinajstić information content (AvgIpc) is 3.15. The van der Waals surface area contributed by atoms with E-state index in [2.05, 4.69) is 5.32 Å². The zero-order chi connectivity index (χ0) is 34.6. The molecule has 11 nitrogen and oxygen atoms in total. The van der Waals surface area contributed by atoms with Crippen LogP contribution in [0, 0.1) is 0 Å². The van der Waals surface area contributed by atoms with Gasteiger partial charge in [-0.3, -0.25) is 9.59 Å². The highest BCUT2D eigenvalue weighted by Gasteiger charge is 2.32. The monoisotopic (exact) mass is 687 g/mol. The Kier molecular flexibility index (Phi) is 12.3. The number of hydrogen-bond acceptors (Lipinski definition) is 8. The molecule has 0 bridgehead atoms. The Hall–Kier alpha value is -4.91. The van der Waals surface area contributed by atoms with Gasteiger partial charge >= 0.3 is 0 Å². The molecular formula is C37H41N3O8S. The van der Waals surface area contributed by atoms with E-state index in [1.165, 1.54) is 33.5 Å². The van der Waals surface area contributed by atoms with E-state index in [0.717, 1.165) is 16.9 Å². The quantitative estimate of drug-likeness (QED) is 0.197. The molecule has 4 aromatic carbocycles. The smallest absolute Gasteiger partial charge is 0.261 e. The van der Waals surface area contributed by atoms with Gasteiger partial charge in [0.1, 0.15) is 23.3 Å². The zero-order valence-corrected chi connectivity index (χ0v) is 28.4. The number of rotatable bonds is 15. The summed E-state index contributed by atoms with van der Waals surface area (Å²) in [5, 5.41) is 3.03. The van der Waals surface area contributed by atoms with E-state index in [9.17, 15) is 18.0 Å². The van der Waals surface area contributed by atoms with Gasteiger partial charge in [0, 0.05) is 26.2 Å². The fraction of sp³-hybridized carbons (Fsp3) is 0.297. The summed E-state index contributed by atoms with van der Waals surface area (Å²) in [6.45, 7) is 1.37. The average molecular weight is 688 g/mol. The molecule has 0 radical (unpaired) electrons. The maximum atomic E-state index is 14.0. The number of carbonyl (C=O) groups excluding carboxylic acids is 2. The Morgan fingerprint density at radius 1 is 0.796 bits per heavy atom. The molecule has 1 N–H and O–H groups in total. The van der Waals surface area contributed by atoms with Crippen molar-refractivity contribution in [2.45, 2.75) is 23.9 Å². The predicted octanol–water partition coefficient (Wildman–Crippen LogP) is 4.23. The van der Waals surface area contributed by atoms with Crippen LogP contribution in [0.4, 0.5) is 0 Å². The number of sulfonamides is 1. The Balaban J connectivity index is 1.34. The number of benzene rings is 4. The third kappa shape index (κ3) is 9.38. The van der Waals surface area contributed by atoms with Crippen LogP contribution in [0.25, 0.3) is 0 Å². The SMILES string of the molecule is COc1ccc(CCNC(=O)[C@@H](c2ccccc2)N(Cc2ccc(OC)cc2)C(=O)COc2ccc(S(=O)(=O)N3CCOCC3)cc2)cc1. The van der Waals surface area contributed by atoms with Crippen LogP contribution in [0.5, 0.6) is 17.2 Å². The first kappa shape index (κ1) is 35.4. The third-order valence-electron chi connectivity index (χ3n) is 8.17. The van der Waals surface area contributed by atoms with Gasteiger partial charge in [0.15, 0.2) is 6.61 Å². The summed E-state index contributed by atoms with van der Waals surface area (Å²) >= 11 is 0. The van der Waals surface area contributed by atoms with Crippen molar-refractivity contribution in [2.75, 3.05) is 53.7 Å². The van der Waals surface area contributed by atoms with Crippen LogP contribution in [0.3, 0.4) is 0 Å². The van der Waals surface area contributed by atoms with E-state index in [-0.39, 0.29) is 37.0 Å². The maximum Gasteiger partial charge on any atom is 0.261 e. The van der Waals surface area contributed by atoms with Crippen LogP contribution < -0.4 is 19.5 Å². The predicted molar refractivity (Wildman–Crippen MR) is 184 cm³/mol. The van der Waals surface area contributed by atoms with Crippen LogP contribution >= 0.6 is 0 Å². The summed E-state index contributed by atoms with van der Waals surface area (Å²) in [7, 11) is -0.492. The normalized spacial score (nSPS) is 14.0. The highest BCUT2D eigenvalue weighted by Crippen LogP contribution is 2.26. The number of nitrogens with zero attached hydrogens (tertiary/aromatic N) is 2. The van der Waals surface area contributed by atoms with Gasteiger partial charge in [-0.2, -0.15) is 4.31 Å². The Morgan fingerprint density at radius 3 is 1.96 bits per heavy atom. The van der Waals surface area contributed by atoms with E-state index >= 15 is 0 Å². The van der Waals surface area contributed by atoms with Crippen LogP contribution in [-0.2, 0) is 37.3 Å². The molecule has 12 heteroatoms. The Labute approximate surface area is 287 Å². The fourth-order valence-corrected chi connectivity index (χ4v) is 6.86. The number of nitrogens with one attached hydrogen (secondary N) is 1. The molecule has 1 aliphatic heterocycles. The van der Waals surface area contributed by atoms with E-state index in [1.54, 1.807) is 26.4 Å². The zero-order valence-electron chi connectivity index (χ0n) is 27.6. The molecule has 1 aliphatic rings. The maximum absolute atomic E-state index is 14.0. The Bertz CT molecular complexity index is 1760. The van der Waals surface area contributed by atoms with Gasteiger partial charge in [-0.25, -0.2) is 8.42 Å². The molecule has 1 fully saturated rings. The van der Waals surface area contributed by atoms with Gasteiger partial charge in [0.2, 0.25) is 15.9 Å². The molecule has 0 aromatic heterocycles. The van der Waals surface area contributed by atoms with Crippen molar-refractivity contribution in [3.8, 4) is 17.2 Å². The molecule has 49 heavy (non-hydrogen) atoms. The lowest BCUT2D eigenvalue weighted by molar-refractivity contribution is -0.143. The highest BCUT2D eigenvalue weighted by molar-refractivity contribution is 7.89. The first-order chi connectivity index (χ1) is 23.8. The summed E-state index contributed by atoms with van der Waals surface area (Å²) in [5.41, 5.74) is 2.46. The number of hydrogen-bond donors (Lipinski definition) is 1. The molecule has 0 saturated carbocycles. The lowest BCUT2D eigenvalue weighted by Gasteiger charge is -2.31. The van der Waals surface area contributed by atoms with Crippen molar-refractivity contribution >= 4 is 21.8 Å². The number of ether oxygens (including phenoxy) is 4. The van der Waals surface area contributed by atoms with Crippen molar-refractivity contribution < 1.29 is 37.0 Å². The molecule has 1 atom stereocenters. The number of carbonyl (C=O) groups is 2. The molecule has 0 spiro atoms. The summed E-state index contributed by atoms with van der Waals surface area (Å²) in [6.07, 6.45) is 0.587. The molecule has 4 aromatic rings. The minimum atomic E-state index is -3.68. The van der Waals surface area contributed by atoms with Gasteiger partial charge in [-0.1, -0.05) is 54.6 Å². The van der Waals surface area contributed by atoms with Gasteiger partial charge in [0.25, 0.3) is 5.91 Å². The fourth-order valence-electron chi connectivity index (χ4n) is 5.45. The van der Waals surface area contributed by atoms with Crippen molar-refractivity contribution in [2.24, 2.45) is 0 Å². The number of methoxy groups -OCH3 is 2. The molecule has 1 saturated heterocycles. The standard InChI is InChI=1S/C37H41N3O8S/c1-45-31-12-8-28(9-13-31)20-21-38-37(42)36(30-6-4-3-5-7-30)40(26-29-10-14-32(46-2)15-11-29)35(41)27-48-33-16-18-34(19-17-33)49(43,44)39-22-24-47-25-23-39/h3-19,36H,20-27H2,1-2H3,(H,38,42)/t36-/m1/s1. The van der Waals surface area contributed by atoms with Gasteiger partial charge in [-0.05, 0) is 71.6 Å². The van der Waals surface area contributed by atoms with Gasteiger partial charge in [0.05, 0.1) is 32.3 Å². The van der Waals surface area contributed by atoms with E-state index in [1.807, 2.05) is 66.7 Å². The highest BCUT2D eigenvalue weighted by atomic mass is 32.2. The van der Waals surface area contributed by atoms with E-state index in [4.69, 9.17) is 18.9 Å². The first-order valence-corrected chi connectivity index (χ1v) is 17.4. The molecule has 0 unspecified atom stereocenters. The van der Waals surface area contributed by atoms with Crippen LogP contribution in [-0.4, -0.2) is 83.1 Å². The Morgan fingerprint density at radius 2 is 1.37 bits per heavy atom. The van der Waals surface area contributed by atoms with Crippen molar-refractivity contribution in [1.82, 2.24) is 14.5 Å². The summed E-state index contributed by atoms with van der Waals surface area (Å²) in [4.78, 5) is 29.6. The minimum Gasteiger partial charge on any atom is -0.497 e. The molecule has 5 rings (SSSR count). The second kappa shape index (κ2) is 17.0. The lowest BCUT2D eigenvalue weighted by atomic mass is 10.0. The number of morpholine rings is 1. The van der Waals surface area contributed by atoms with E-state index in [0.29, 0.717) is 43.2 Å².